The van der Waals surface area contributed by atoms with Crippen LogP contribution in [0.4, 0.5) is 0 Å². The molecule has 2 N–H and O–H groups in total. The maximum absolute atomic E-state index is 11.2. The third-order valence-electron chi connectivity index (χ3n) is 9.45. The molecule has 0 saturated heterocycles. The molecule has 0 aliphatic carbocycles. The van der Waals surface area contributed by atoms with Gasteiger partial charge in [-0.1, -0.05) is 62.3 Å². The van der Waals surface area contributed by atoms with Crippen molar-refractivity contribution in [3.05, 3.63) is 0 Å². The number of carbonyl (C=O) groups excluding carboxylic acids is 1. The number of aldehydes is 1. The molecule has 29 heavy (non-hydrogen) atoms. The summed E-state index contributed by atoms with van der Waals surface area (Å²) >= 11 is 0. The lowest BCUT2D eigenvalue weighted by Crippen LogP contribution is -2.52. The van der Waals surface area contributed by atoms with Gasteiger partial charge in [-0.15, -0.1) is 0 Å². The predicted octanol–water partition coefficient (Wildman–Crippen LogP) is 6.63. The Hall–Kier alpha value is -0.410. The third-order valence-corrected chi connectivity index (χ3v) is 9.45. The molecular formula is C26H53NO2. The molecule has 0 heterocycles. The number of nitrogens with one attached hydrogen (secondary N) is 1. The first-order valence-corrected chi connectivity index (χ1v) is 12.4. The van der Waals surface area contributed by atoms with Gasteiger partial charge in [0.1, 0.15) is 6.29 Å². The first-order chi connectivity index (χ1) is 13.5. The van der Waals surface area contributed by atoms with Crippen LogP contribution in [0.3, 0.4) is 0 Å². The number of aliphatic hydroxyl groups excluding tert-OH is 1. The Balaban J connectivity index is 5.86. The lowest BCUT2D eigenvalue weighted by atomic mass is 9.44. The first kappa shape index (κ1) is 28.6. The highest BCUT2D eigenvalue weighted by molar-refractivity contribution is 5.58. The van der Waals surface area contributed by atoms with E-state index in [1.54, 1.807) is 6.92 Å². The van der Waals surface area contributed by atoms with Crippen molar-refractivity contribution in [3.63, 3.8) is 0 Å². The second-order valence-corrected chi connectivity index (χ2v) is 9.98. The molecule has 0 aromatic heterocycles. The molecule has 0 rings (SSSR count). The van der Waals surface area contributed by atoms with Crippen molar-refractivity contribution in [1.29, 1.82) is 0 Å². The summed E-state index contributed by atoms with van der Waals surface area (Å²) in [4.78, 5) is 11.2. The minimum absolute atomic E-state index is 0.262. The summed E-state index contributed by atoms with van der Waals surface area (Å²) in [7, 11) is 0. The van der Waals surface area contributed by atoms with Gasteiger partial charge in [-0.2, -0.15) is 0 Å². The normalized spacial score (nSPS) is 17.6. The summed E-state index contributed by atoms with van der Waals surface area (Å²) in [5.41, 5.74) is 0.960. The van der Waals surface area contributed by atoms with Crippen LogP contribution in [0.25, 0.3) is 0 Å². The van der Waals surface area contributed by atoms with E-state index < -0.39 is 12.1 Å². The van der Waals surface area contributed by atoms with Gasteiger partial charge in [0.25, 0.3) is 0 Å². The lowest BCUT2D eigenvalue weighted by Gasteiger charge is -2.60. The average Bonchev–Trinajstić information content (AvgIpc) is 2.71. The van der Waals surface area contributed by atoms with Gasteiger partial charge < -0.3 is 15.2 Å². The highest BCUT2D eigenvalue weighted by Gasteiger charge is 2.55. The number of aliphatic hydroxyl groups is 1. The molecule has 0 bridgehead atoms. The third kappa shape index (κ3) is 5.85. The van der Waals surface area contributed by atoms with Crippen molar-refractivity contribution in [2.45, 2.75) is 126 Å². The summed E-state index contributed by atoms with van der Waals surface area (Å²) < 4.78 is 0. The predicted molar refractivity (Wildman–Crippen MR) is 127 cm³/mol. The van der Waals surface area contributed by atoms with Crippen LogP contribution in [0.1, 0.15) is 114 Å². The molecule has 0 amide bonds. The molecule has 0 saturated carbocycles. The second kappa shape index (κ2) is 12.4. The van der Waals surface area contributed by atoms with Crippen LogP contribution in [0.5, 0.6) is 0 Å². The van der Waals surface area contributed by atoms with Gasteiger partial charge in [-0.25, -0.2) is 0 Å². The van der Waals surface area contributed by atoms with E-state index in [2.05, 4.69) is 67.6 Å². The molecule has 0 radical (unpaired) electrons. The van der Waals surface area contributed by atoms with Crippen LogP contribution in [0.2, 0.25) is 0 Å². The number of hydrogen-bond donors (Lipinski definition) is 2. The van der Waals surface area contributed by atoms with Crippen molar-refractivity contribution in [2.24, 2.45) is 28.1 Å². The van der Waals surface area contributed by atoms with E-state index in [4.69, 9.17) is 0 Å². The Morgan fingerprint density at radius 2 is 1.17 bits per heavy atom. The molecule has 0 aliphatic rings. The van der Waals surface area contributed by atoms with E-state index in [-0.39, 0.29) is 5.41 Å². The fourth-order valence-corrected chi connectivity index (χ4v) is 6.54. The van der Waals surface area contributed by atoms with E-state index in [1.807, 2.05) is 0 Å². The standard InChI is InChI=1S/C26H53NO2/c1-11-25(12-2,13-3)24(10,26(14-4,15-5)16-6)17-20(7)21(8)18-27-23(19-28)22(9)29/h19-23,27,29H,11-18H2,1-10H3. The molecule has 0 aliphatic heterocycles. The van der Waals surface area contributed by atoms with Gasteiger partial charge in [0.15, 0.2) is 0 Å². The Bertz CT molecular complexity index is 415. The molecule has 174 valence electrons. The Labute approximate surface area is 182 Å². The Morgan fingerprint density at radius 1 is 0.793 bits per heavy atom. The Kier molecular flexibility index (Phi) is 12.3. The molecule has 0 aromatic carbocycles. The van der Waals surface area contributed by atoms with Gasteiger partial charge in [0.2, 0.25) is 0 Å². The van der Waals surface area contributed by atoms with E-state index in [0.717, 1.165) is 12.8 Å². The molecule has 0 fully saturated rings. The highest BCUT2D eigenvalue weighted by Crippen LogP contribution is 2.64. The average molecular weight is 412 g/mol. The zero-order chi connectivity index (χ0) is 22.9. The van der Waals surface area contributed by atoms with E-state index in [9.17, 15) is 9.90 Å². The van der Waals surface area contributed by atoms with Crippen molar-refractivity contribution in [1.82, 2.24) is 5.32 Å². The van der Waals surface area contributed by atoms with Crippen molar-refractivity contribution in [2.75, 3.05) is 6.54 Å². The van der Waals surface area contributed by atoms with Gasteiger partial charge in [0, 0.05) is 0 Å². The molecule has 0 aromatic rings. The van der Waals surface area contributed by atoms with Crippen molar-refractivity contribution >= 4 is 6.29 Å². The number of hydrogen-bond acceptors (Lipinski definition) is 3. The molecular weight excluding hydrogens is 358 g/mol. The van der Waals surface area contributed by atoms with Crippen LogP contribution in [0, 0.1) is 28.1 Å². The minimum Gasteiger partial charge on any atom is -0.391 e. The Morgan fingerprint density at radius 3 is 1.45 bits per heavy atom. The van der Waals surface area contributed by atoms with Gasteiger partial charge >= 0.3 is 0 Å². The van der Waals surface area contributed by atoms with E-state index >= 15 is 0 Å². The van der Waals surface area contributed by atoms with Gasteiger partial charge in [-0.3, -0.25) is 0 Å². The monoisotopic (exact) mass is 411 g/mol. The lowest BCUT2D eigenvalue weighted by molar-refractivity contribution is -0.113. The van der Waals surface area contributed by atoms with Crippen molar-refractivity contribution in [3.8, 4) is 0 Å². The molecule has 4 unspecified atom stereocenters. The summed E-state index contributed by atoms with van der Waals surface area (Å²) in [6, 6.07) is -0.474. The zero-order valence-corrected chi connectivity index (χ0v) is 21.4. The smallest absolute Gasteiger partial charge is 0.139 e. The molecule has 3 nitrogen and oxygen atoms in total. The minimum atomic E-state index is -0.652. The van der Waals surface area contributed by atoms with Gasteiger partial charge in [0.05, 0.1) is 12.1 Å². The molecule has 3 heteroatoms. The van der Waals surface area contributed by atoms with Gasteiger partial charge in [-0.05, 0) is 86.5 Å². The van der Waals surface area contributed by atoms with Crippen molar-refractivity contribution < 1.29 is 9.90 Å². The summed E-state index contributed by atoms with van der Waals surface area (Å²) in [6.45, 7) is 24.1. The van der Waals surface area contributed by atoms with Crippen LogP contribution in [0.15, 0.2) is 0 Å². The number of carbonyl (C=O) groups is 1. The van der Waals surface area contributed by atoms with Crippen LogP contribution in [-0.2, 0) is 4.79 Å². The summed E-state index contributed by atoms with van der Waals surface area (Å²) in [5.74, 6) is 0.990. The molecule has 4 atom stereocenters. The second-order valence-electron chi connectivity index (χ2n) is 9.98. The largest absolute Gasteiger partial charge is 0.391 e. The molecule has 0 spiro atoms. The number of rotatable bonds is 16. The highest BCUT2D eigenvalue weighted by atomic mass is 16.3. The summed E-state index contributed by atoms with van der Waals surface area (Å²) in [6.07, 6.45) is 8.76. The maximum Gasteiger partial charge on any atom is 0.139 e. The topological polar surface area (TPSA) is 49.3 Å². The SMILES string of the molecule is CCC(CC)(CC)C(C)(CC(C)C(C)CNC(C=O)C(C)O)C(CC)(CC)CC. The van der Waals surface area contributed by atoms with E-state index in [1.165, 1.54) is 44.9 Å². The van der Waals surface area contributed by atoms with Crippen LogP contribution < -0.4 is 5.32 Å². The fourth-order valence-electron chi connectivity index (χ4n) is 6.54. The zero-order valence-electron chi connectivity index (χ0n) is 21.4. The van der Waals surface area contributed by atoms with Crippen LogP contribution in [-0.4, -0.2) is 30.1 Å². The quantitative estimate of drug-likeness (QED) is 0.280. The maximum atomic E-state index is 11.2. The fraction of sp³-hybridized carbons (Fsp3) is 0.962. The first-order valence-electron chi connectivity index (χ1n) is 12.4. The van der Waals surface area contributed by atoms with Crippen LogP contribution >= 0.6 is 0 Å². The summed E-state index contributed by atoms with van der Waals surface area (Å²) in [5, 5.41) is 13.0. The van der Waals surface area contributed by atoms with E-state index in [0.29, 0.717) is 22.7 Å².